The normalized spacial score (nSPS) is 16.9. The monoisotopic (exact) mass is 399 g/mol. The molecule has 1 atom stereocenters. The summed E-state index contributed by atoms with van der Waals surface area (Å²) >= 11 is 1.61. The zero-order valence-electron chi connectivity index (χ0n) is 16.7. The van der Waals surface area contributed by atoms with Crippen LogP contribution in [0, 0.1) is 6.92 Å². The van der Waals surface area contributed by atoms with Gasteiger partial charge in [0.25, 0.3) is 0 Å². The van der Waals surface area contributed by atoms with Gasteiger partial charge in [-0.1, -0.05) is 35.9 Å². The Morgan fingerprint density at radius 2 is 2.04 bits per heavy atom. The van der Waals surface area contributed by atoms with Crippen LogP contribution in [-0.2, 0) is 16.1 Å². The molecule has 0 bridgehead atoms. The van der Waals surface area contributed by atoms with Crippen molar-refractivity contribution in [3.05, 3.63) is 57.8 Å². The smallest absolute Gasteiger partial charge is 0.239 e. The van der Waals surface area contributed by atoms with E-state index in [0.29, 0.717) is 19.6 Å². The summed E-state index contributed by atoms with van der Waals surface area (Å²) in [5, 5.41) is 4.89. The van der Waals surface area contributed by atoms with E-state index in [0.717, 1.165) is 24.3 Å². The van der Waals surface area contributed by atoms with E-state index in [2.05, 4.69) is 41.4 Å². The van der Waals surface area contributed by atoms with Gasteiger partial charge in [-0.15, -0.1) is 11.3 Å². The summed E-state index contributed by atoms with van der Waals surface area (Å²) < 4.78 is 0. The van der Waals surface area contributed by atoms with E-state index in [-0.39, 0.29) is 24.4 Å². The van der Waals surface area contributed by atoms with Crippen molar-refractivity contribution in [1.29, 1.82) is 0 Å². The van der Waals surface area contributed by atoms with Crippen LogP contribution in [0.25, 0.3) is 0 Å². The average molecular weight is 400 g/mol. The Labute approximate surface area is 171 Å². The molecule has 3 rings (SSSR count). The lowest BCUT2D eigenvalue weighted by atomic mass is 10.0. The lowest BCUT2D eigenvalue weighted by Gasteiger charge is -2.28. The lowest BCUT2D eigenvalue weighted by Crippen LogP contribution is -2.44. The molecule has 2 amide bonds. The van der Waals surface area contributed by atoms with E-state index < -0.39 is 0 Å². The van der Waals surface area contributed by atoms with Gasteiger partial charge in [-0.05, 0) is 50.2 Å². The number of likely N-dealkylation sites (N-methyl/N-ethyl adjacent to an activating group) is 1. The number of amides is 2. The van der Waals surface area contributed by atoms with Crippen LogP contribution in [0.4, 0.5) is 0 Å². The minimum atomic E-state index is -0.111. The quantitative estimate of drug-likeness (QED) is 0.741. The first-order valence-electron chi connectivity index (χ1n) is 9.94. The van der Waals surface area contributed by atoms with Gasteiger partial charge in [0.2, 0.25) is 11.8 Å². The molecular weight excluding hydrogens is 370 g/mol. The number of carbonyl (C=O) groups is 2. The summed E-state index contributed by atoms with van der Waals surface area (Å²) in [6.45, 7) is 6.47. The van der Waals surface area contributed by atoms with Gasteiger partial charge in [0.05, 0.1) is 19.6 Å². The number of rotatable bonds is 8. The third kappa shape index (κ3) is 5.42. The zero-order valence-corrected chi connectivity index (χ0v) is 17.5. The fourth-order valence-electron chi connectivity index (χ4n) is 3.66. The van der Waals surface area contributed by atoms with Crippen molar-refractivity contribution >= 4 is 23.2 Å². The maximum absolute atomic E-state index is 12.8. The maximum Gasteiger partial charge on any atom is 0.239 e. The van der Waals surface area contributed by atoms with Crippen LogP contribution >= 0.6 is 11.3 Å². The third-order valence-corrected chi connectivity index (χ3v) is 6.15. The van der Waals surface area contributed by atoms with Gasteiger partial charge in [-0.2, -0.15) is 0 Å². The van der Waals surface area contributed by atoms with Gasteiger partial charge in [0.15, 0.2) is 0 Å². The molecule has 0 saturated carbocycles. The molecule has 1 aromatic carbocycles. The first-order chi connectivity index (χ1) is 13.6. The van der Waals surface area contributed by atoms with E-state index in [1.165, 1.54) is 11.1 Å². The standard InChI is InChI=1S/C22H29N3O2S/c1-3-24(15-21(26)23-14-19-6-5-13-28-19)22(27)16-25-12-4-7-20(25)18-10-8-17(2)9-11-18/h5-6,8-11,13,20H,3-4,7,12,14-16H2,1-2H3,(H,23,26)/t20-/m1/s1. The van der Waals surface area contributed by atoms with Crippen molar-refractivity contribution in [2.24, 2.45) is 0 Å². The highest BCUT2D eigenvalue weighted by Gasteiger charge is 2.29. The molecule has 1 saturated heterocycles. The number of nitrogens with zero attached hydrogens (tertiary/aromatic N) is 2. The first-order valence-corrected chi connectivity index (χ1v) is 10.8. The Morgan fingerprint density at radius 1 is 1.25 bits per heavy atom. The summed E-state index contributed by atoms with van der Waals surface area (Å²) in [5.41, 5.74) is 2.52. The predicted molar refractivity (Wildman–Crippen MR) is 113 cm³/mol. The molecule has 0 radical (unpaired) electrons. The van der Waals surface area contributed by atoms with Gasteiger partial charge in [0.1, 0.15) is 0 Å². The van der Waals surface area contributed by atoms with E-state index >= 15 is 0 Å². The molecule has 150 valence electrons. The number of carbonyl (C=O) groups excluding carboxylic acids is 2. The van der Waals surface area contributed by atoms with E-state index in [1.54, 1.807) is 16.2 Å². The number of likely N-dealkylation sites (tertiary alicyclic amines) is 1. The molecule has 28 heavy (non-hydrogen) atoms. The Kier molecular flexibility index (Phi) is 7.23. The van der Waals surface area contributed by atoms with E-state index in [9.17, 15) is 9.59 Å². The number of hydrogen-bond donors (Lipinski definition) is 1. The van der Waals surface area contributed by atoms with Crippen molar-refractivity contribution in [2.75, 3.05) is 26.2 Å². The van der Waals surface area contributed by atoms with Crippen LogP contribution in [0.15, 0.2) is 41.8 Å². The minimum absolute atomic E-state index is 0.0211. The molecule has 0 unspecified atom stereocenters. The molecular formula is C22H29N3O2S. The number of nitrogens with one attached hydrogen (secondary N) is 1. The topological polar surface area (TPSA) is 52.7 Å². The molecule has 1 N–H and O–H groups in total. The maximum atomic E-state index is 12.8. The second-order valence-electron chi connectivity index (χ2n) is 7.30. The lowest BCUT2D eigenvalue weighted by molar-refractivity contribution is -0.137. The first kappa shape index (κ1) is 20.6. The summed E-state index contributed by atoms with van der Waals surface area (Å²) in [6, 6.07) is 12.8. The second-order valence-corrected chi connectivity index (χ2v) is 8.34. The third-order valence-electron chi connectivity index (χ3n) is 5.27. The molecule has 5 nitrogen and oxygen atoms in total. The minimum Gasteiger partial charge on any atom is -0.350 e. The van der Waals surface area contributed by atoms with Crippen molar-refractivity contribution in [3.8, 4) is 0 Å². The Balaban J connectivity index is 1.53. The highest BCUT2D eigenvalue weighted by Crippen LogP contribution is 2.31. The van der Waals surface area contributed by atoms with E-state index in [1.807, 2.05) is 24.4 Å². The van der Waals surface area contributed by atoms with Gasteiger partial charge < -0.3 is 10.2 Å². The Hall–Kier alpha value is -2.18. The van der Waals surface area contributed by atoms with Crippen LogP contribution in [0.1, 0.15) is 41.8 Å². The highest BCUT2D eigenvalue weighted by atomic mass is 32.1. The molecule has 1 aliphatic heterocycles. The van der Waals surface area contributed by atoms with Crippen molar-refractivity contribution in [2.45, 2.75) is 39.3 Å². The summed E-state index contributed by atoms with van der Waals surface area (Å²) in [7, 11) is 0. The van der Waals surface area contributed by atoms with Crippen LogP contribution in [0.3, 0.4) is 0 Å². The van der Waals surface area contributed by atoms with Gasteiger partial charge in [0, 0.05) is 17.5 Å². The zero-order chi connectivity index (χ0) is 19.9. The molecule has 6 heteroatoms. The number of hydrogen-bond acceptors (Lipinski definition) is 4. The molecule has 2 heterocycles. The summed E-state index contributed by atoms with van der Waals surface area (Å²) in [5.74, 6) is -0.0899. The SMILES string of the molecule is CCN(CC(=O)NCc1cccs1)C(=O)CN1CCC[C@@H]1c1ccc(C)cc1. The fourth-order valence-corrected chi connectivity index (χ4v) is 4.30. The van der Waals surface area contributed by atoms with Crippen LogP contribution in [0.5, 0.6) is 0 Å². The fraction of sp³-hybridized carbons (Fsp3) is 0.455. The van der Waals surface area contributed by atoms with Crippen molar-refractivity contribution in [3.63, 3.8) is 0 Å². The summed E-state index contributed by atoms with van der Waals surface area (Å²) in [6.07, 6.45) is 2.17. The molecule has 1 aromatic heterocycles. The Morgan fingerprint density at radius 3 is 2.71 bits per heavy atom. The van der Waals surface area contributed by atoms with Crippen molar-refractivity contribution < 1.29 is 9.59 Å². The molecule has 0 spiro atoms. The second kappa shape index (κ2) is 9.85. The predicted octanol–water partition coefficient (Wildman–Crippen LogP) is 3.36. The summed E-state index contributed by atoms with van der Waals surface area (Å²) in [4.78, 5) is 30.1. The van der Waals surface area contributed by atoms with Crippen LogP contribution in [-0.4, -0.2) is 47.8 Å². The molecule has 1 fully saturated rings. The number of thiophene rings is 1. The highest BCUT2D eigenvalue weighted by molar-refractivity contribution is 7.09. The Bertz CT molecular complexity index is 774. The van der Waals surface area contributed by atoms with E-state index in [4.69, 9.17) is 0 Å². The number of benzene rings is 1. The molecule has 2 aromatic rings. The average Bonchev–Trinajstić information content (AvgIpc) is 3.37. The van der Waals surface area contributed by atoms with Crippen molar-refractivity contribution in [1.82, 2.24) is 15.1 Å². The van der Waals surface area contributed by atoms with Gasteiger partial charge >= 0.3 is 0 Å². The molecule has 0 aliphatic carbocycles. The van der Waals surface area contributed by atoms with Crippen LogP contribution < -0.4 is 5.32 Å². The van der Waals surface area contributed by atoms with Crippen LogP contribution in [0.2, 0.25) is 0 Å². The number of aryl methyl sites for hydroxylation is 1. The van der Waals surface area contributed by atoms with Gasteiger partial charge in [-0.3, -0.25) is 14.5 Å². The van der Waals surface area contributed by atoms with Gasteiger partial charge in [-0.25, -0.2) is 0 Å². The molecule has 1 aliphatic rings. The largest absolute Gasteiger partial charge is 0.350 e.